The number of aliphatic hydroxyl groups is 1. The Kier molecular flexibility index (Phi) is 4.28. The Balaban J connectivity index is 2.23. The quantitative estimate of drug-likeness (QED) is 0.889. The van der Waals surface area contributed by atoms with E-state index in [0.29, 0.717) is 25.1 Å². The number of benzene rings is 1. The number of hydrogen-bond donors (Lipinski definition) is 2. The lowest BCUT2D eigenvalue weighted by Crippen LogP contribution is -2.34. The van der Waals surface area contributed by atoms with Crippen molar-refractivity contribution in [3.63, 3.8) is 0 Å². The van der Waals surface area contributed by atoms with E-state index in [1.807, 2.05) is 6.92 Å². The summed E-state index contributed by atoms with van der Waals surface area (Å²) >= 11 is 0. The number of rotatable bonds is 4. The molecule has 1 fully saturated rings. The fourth-order valence-corrected chi connectivity index (χ4v) is 2.42. The molecular formula is C15H21FN2O2. The Labute approximate surface area is 118 Å². The first-order valence-electron chi connectivity index (χ1n) is 6.98. The van der Waals surface area contributed by atoms with Crippen molar-refractivity contribution in [1.82, 2.24) is 4.90 Å². The molecule has 1 aromatic rings. The minimum absolute atomic E-state index is 0.235. The Morgan fingerprint density at radius 3 is 2.90 bits per heavy atom. The van der Waals surface area contributed by atoms with Crippen molar-refractivity contribution in [2.24, 2.45) is 0 Å². The van der Waals surface area contributed by atoms with Gasteiger partial charge in [0, 0.05) is 19.6 Å². The third-order valence-corrected chi connectivity index (χ3v) is 3.53. The van der Waals surface area contributed by atoms with Crippen LogP contribution in [0, 0.1) is 5.82 Å². The SMILES string of the molecule is CCCNc1c(F)cccc1C(=O)N1CCC(C)(O)C1. The van der Waals surface area contributed by atoms with Crippen LogP contribution in [-0.4, -0.2) is 41.1 Å². The predicted octanol–water partition coefficient (Wildman–Crippen LogP) is 2.24. The molecule has 5 heteroatoms. The first kappa shape index (κ1) is 14.8. The zero-order valence-electron chi connectivity index (χ0n) is 11.9. The van der Waals surface area contributed by atoms with Crippen LogP contribution < -0.4 is 5.32 Å². The summed E-state index contributed by atoms with van der Waals surface area (Å²) < 4.78 is 13.9. The number of nitrogens with one attached hydrogen (secondary N) is 1. The van der Waals surface area contributed by atoms with E-state index in [1.165, 1.54) is 12.1 Å². The number of carbonyl (C=O) groups excluding carboxylic acids is 1. The number of carbonyl (C=O) groups is 1. The van der Waals surface area contributed by atoms with Crippen molar-refractivity contribution in [1.29, 1.82) is 0 Å². The summed E-state index contributed by atoms with van der Waals surface area (Å²) in [4.78, 5) is 14.1. The second-order valence-electron chi connectivity index (χ2n) is 5.56. The largest absolute Gasteiger partial charge is 0.388 e. The summed E-state index contributed by atoms with van der Waals surface area (Å²) in [5.41, 5.74) is -0.262. The fraction of sp³-hybridized carbons (Fsp3) is 0.533. The zero-order chi connectivity index (χ0) is 14.8. The van der Waals surface area contributed by atoms with E-state index in [1.54, 1.807) is 17.9 Å². The molecule has 0 aliphatic carbocycles. The molecule has 1 atom stereocenters. The normalized spacial score (nSPS) is 22.1. The smallest absolute Gasteiger partial charge is 0.256 e. The summed E-state index contributed by atoms with van der Waals surface area (Å²) in [6.45, 7) is 5.08. The summed E-state index contributed by atoms with van der Waals surface area (Å²) in [5, 5.41) is 12.9. The summed E-state index contributed by atoms with van der Waals surface area (Å²) in [6, 6.07) is 4.50. The highest BCUT2D eigenvalue weighted by atomic mass is 19.1. The molecule has 1 heterocycles. The molecule has 1 aliphatic heterocycles. The van der Waals surface area contributed by atoms with Gasteiger partial charge in [0.15, 0.2) is 0 Å². The number of anilines is 1. The number of β-amino-alcohol motifs (C(OH)–C–C–N with tert-alkyl or cyclic N) is 1. The minimum atomic E-state index is -0.847. The van der Waals surface area contributed by atoms with Gasteiger partial charge in [-0.3, -0.25) is 4.79 Å². The second kappa shape index (κ2) is 5.79. The lowest BCUT2D eigenvalue weighted by Gasteiger charge is -2.21. The Morgan fingerprint density at radius 1 is 1.55 bits per heavy atom. The number of amides is 1. The average Bonchev–Trinajstić information content (AvgIpc) is 2.76. The monoisotopic (exact) mass is 280 g/mol. The molecule has 1 unspecified atom stereocenters. The molecule has 2 N–H and O–H groups in total. The third kappa shape index (κ3) is 3.10. The molecule has 0 aromatic heterocycles. The Morgan fingerprint density at radius 2 is 2.30 bits per heavy atom. The molecule has 1 aromatic carbocycles. The molecule has 0 radical (unpaired) electrons. The van der Waals surface area contributed by atoms with Gasteiger partial charge in [-0.05, 0) is 31.9 Å². The van der Waals surface area contributed by atoms with Gasteiger partial charge in [0.05, 0.1) is 16.9 Å². The molecule has 0 saturated carbocycles. The van der Waals surface area contributed by atoms with Crippen LogP contribution in [0.4, 0.5) is 10.1 Å². The molecule has 0 spiro atoms. The van der Waals surface area contributed by atoms with Gasteiger partial charge in [-0.1, -0.05) is 13.0 Å². The van der Waals surface area contributed by atoms with Crippen molar-refractivity contribution >= 4 is 11.6 Å². The molecular weight excluding hydrogens is 259 g/mol. The molecule has 0 bridgehead atoms. The third-order valence-electron chi connectivity index (χ3n) is 3.53. The summed E-state index contributed by atoms with van der Waals surface area (Å²) in [7, 11) is 0. The topological polar surface area (TPSA) is 52.6 Å². The van der Waals surface area contributed by atoms with Crippen LogP contribution in [0.2, 0.25) is 0 Å². The van der Waals surface area contributed by atoms with Gasteiger partial charge in [0.25, 0.3) is 5.91 Å². The highest BCUT2D eigenvalue weighted by Gasteiger charge is 2.35. The van der Waals surface area contributed by atoms with Crippen molar-refractivity contribution in [2.75, 3.05) is 25.0 Å². The molecule has 110 valence electrons. The minimum Gasteiger partial charge on any atom is -0.388 e. The van der Waals surface area contributed by atoms with Gasteiger partial charge in [0.2, 0.25) is 0 Å². The standard InChI is InChI=1S/C15H21FN2O2/c1-3-8-17-13-11(5-4-6-12(13)16)14(19)18-9-7-15(2,20)10-18/h4-6,17,20H,3,7-10H2,1-2H3. The zero-order valence-corrected chi connectivity index (χ0v) is 11.9. The second-order valence-corrected chi connectivity index (χ2v) is 5.56. The van der Waals surface area contributed by atoms with E-state index in [0.717, 1.165) is 6.42 Å². The maximum Gasteiger partial charge on any atom is 0.256 e. The van der Waals surface area contributed by atoms with Crippen LogP contribution in [0.25, 0.3) is 0 Å². The van der Waals surface area contributed by atoms with Crippen molar-refractivity contribution in [3.05, 3.63) is 29.6 Å². The lowest BCUT2D eigenvalue weighted by atomic mass is 10.1. The van der Waals surface area contributed by atoms with E-state index >= 15 is 0 Å². The van der Waals surface area contributed by atoms with E-state index < -0.39 is 11.4 Å². The molecule has 4 nitrogen and oxygen atoms in total. The van der Waals surface area contributed by atoms with Crippen molar-refractivity contribution in [3.8, 4) is 0 Å². The van der Waals surface area contributed by atoms with Gasteiger partial charge >= 0.3 is 0 Å². The number of likely N-dealkylation sites (tertiary alicyclic amines) is 1. The first-order valence-corrected chi connectivity index (χ1v) is 6.98. The Bertz CT molecular complexity index is 503. The summed E-state index contributed by atoms with van der Waals surface area (Å²) in [5.74, 6) is -0.656. The first-order chi connectivity index (χ1) is 9.44. The van der Waals surface area contributed by atoms with Gasteiger partial charge in [-0.2, -0.15) is 0 Å². The van der Waals surface area contributed by atoms with Gasteiger partial charge in [-0.25, -0.2) is 4.39 Å². The van der Waals surface area contributed by atoms with Crippen LogP contribution in [0.5, 0.6) is 0 Å². The van der Waals surface area contributed by atoms with Gasteiger partial charge in [-0.15, -0.1) is 0 Å². The van der Waals surface area contributed by atoms with E-state index in [2.05, 4.69) is 5.32 Å². The highest BCUT2D eigenvalue weighted by Crippen LogP contribution is 2.26. The molecule has 1 saturated heterocycles. The predicted molar refractivity (Wildman–Crippen MR) is 76.3 cm³/mol. The number of nitrogens with zero attached hydrogens (tertiary/aromatic N) is 1. The highest BCUT2D eigenvalue weighted by molar-refractivity contribution is 6.00. The average molecular weight is 280 g/mol. The van der Waals surface area contributed by atoms with Crippen LogP contribution in [0.1, 0.15) is 37.0 Å². The fourth-order valence-electron chi connectivity index (χ4n) is 2.42. The molecule has 2 rings (SSSR count). The maximum atomic E-state index is 13.9. The molecule has 1 amide bonds. The van der Waals surface area contributed by atoms with Crippen LogP contribution in [0.3, 0.4) is 0 Å². The van der Waals surface area contributed by atoms with Crippen LogP contribution in [0.15, 0.2) is 18.2 Å². The Hall–Kier alpha value is -1.62. The van der Waals surface area contributed by atoms with Gasteiger partial charge < -0.3 is 15.3 Å². The van der Waals surface area contributed by atoms with E-state index in [9.17, 15) is 14.3 Å². The van der Waals surface area contributed by atoms with Gasteiger partial charge in [0.1, 0.15) is 5.82 Å². The van der Waals surface area contributed by atoms with Crippen molar-refractivity contribution < 1.29 is 14.3 Å². The number of hydrogen-bond acceptors (Lipinski definition) is 3. The lowest BCUT2D eigenvalue weighted by molar-refractivity contribution is 0.0572. The van der Waals surface area contributed by atoms with E-state index in [4.69, 9.17) is 0 Å². The molecule has 1 aliphatic rings. The van der Waals surface area contributed by atoms with E-state index in [-0.39, 0.29) is 18.1 Å². The number of para-hydroxylation sites is 1. The maximum absolute atomic E-state index is 13.9. The van der Waals surface area contributed by atoms with Crippen molar-refractivity contribution in [2.45, 2.75) is 32.3 Å². The van der Waals surface area contributed by atoms with Crippen LogP contribution >= 0.6 is 0 Å². The molecule has 20 heavy (non-hydrogen) atoms. The van der Waals surface area contributed by atoms with Crippen LogP contribution in [-0.2, 0) is 0 Å². The summed E-state index contributed by atoms with van der Waals surface area (Å²) in [6.07, 6.45) is 1.40. The number of halogens is 1.